The van der Waals surface area contributed by atoms with Crippen LogP contribution < -0.4 is 5.32 Å². The smallest absolute Gasteiger partial charge is 0.273 e. The fourth-order valence-corrected chi connectivity index (χ4v) is 1.72. The molecule has 1 aromatic heterocycles. The monoisotopic (exact) mass is 278 g/mol. The Labute approximate surface area is 115 Å². The van der Waals surface area contributed by atoms with Crippen LogP contribution in [0, 0.1) is 5.82 Å². The van der Waals surface area contributed by atoms with Crippen molar-refractivity contribution in [1.82, 2.24) is 10.3 Å². The molecule has 0 aliphatic heterocycles. The highest BCUT2D eigenvalue weighted by atomic mass is 19.1. The zero-order chi connectivity index (χ0) is 14.4. The highest BCUT2D eigenvalue weighted by Crippen LogP contribution is 2.23. The molecule has 0 radical (unpaired) electrons. The van der Waals surface area contributed by atoms with E-state index >= 15 is 0 Å². The van der Waals surface area contributed by atoms with Crippen molar-refractivity contribution in [3.63, 3.8) is 0 Å². The molecule has 1 aromatic carbocycles. The molecule has 5 nitrogen and oxygen atoms in total. The number of hydrogen-bond acceptors (Lipinski definition) is 4. The van der Waals surface area contributed by atoms with Crippen LogP contribution in [-0.4, -0.2) is 31.2 Å². The Balaban J connectivity index is 2.08. The summed E-state index contributed by atoms with van der Waals surface area (Å²) in [6, 6.07) is 5.69. The number of oxazole rings is 1. The number of nitrogens with zero attached hydrogens (tertiary/aromatic N) is 1. The molecule has 0 spiro atoms. The molecule has 1 heterocycles. The van der Waals surface area contributed by atoms with Gasteiger partial charge in [-0.3, -0.25) is 4.79 Å². The van der Waals surface area contributed by atoms with Gasteiger partial charge < -0.3 is 14.5 Å². The van der Waals surface area contributed by atoms with Crippen molar-refractivity contribution in [2.45, 2.75) is 6.42 Å². The summed E-state index contributed by atoms with van der Waals surface area (Å²) in [6.45, 7) is 1.06. The molecular weight excluding hydrogens is 263 g/mol. The van der Waals surface area contributed by atoms with Gasteiger partial charge in [-0.1, -0.05) is 0 Å². The number of rotatable bonds is 6. The second kappa shape index (κ2) is 6.81. The summed E-state index contributed by atoms with van der Waals surface area (Å²) >= 11 is 0. The summed E-state index contributed by atoms with van der Waals surface area (Å²) in [4.78, 5) is 15.9. The summed E-state index contributed by atoms with van der Waals surface area (Å²) < 4.78 is 23.0. The molecule has 0 aliphatic carbocycles. The minimum Gasteiger partial charge on any atom is -0.443 e. The number of carbonyl (C=O) groups is 1. The topological polar surface area (TPSA) is 64.4 Å². The van der Waals surface area contributed by atoms with Gasteiger partial charge in [0.1, 0.15) is 5.82 Å². The number of hydrogen-bond donors (Lipinski definition) is 1. The van der Waals surface area contributed by atoms with Crippen molar-refractivity contribution < 1.29 is 18.3 Å². The fourth-order valence-electron chi connectivity index (χ4n) is 1.72. The molecule has 0 fully saturated rings. The van der Waals surface area contributed by atoms with Gasteiger partial charge in [0, 0.05) is 25.8 Å². The van der Waals surface area contributed by atoms with Crippen LogP contribution in [0.4, 0.5) is 4.39 Å². The van der Waals surface area contributed by atoms with E-state index in [1.165, 1.54) is 30.7 Å². The van der Waals surface area contributed by atoms with E-state index in [1.54, 1.807) is 7.11 Å². The molecule has 2 aromatic rings. The Morgan fingerprint density at radius 1 is 1.40 bits per heavy atom. The summed E-state index contributed by atoms with van der Waals surface area (Å²) in [6.07, 6.45) is 1.91. The number of aromatic nitrogens is 1. The van der Waals surface area contributed by atoms with Crippen molar-refractivity contribution >= 4 is 5.91 Å². The summed E-state index contributed by atoms with van der Waals surface area (Å²) in [5.41, 5.74) is 0.792. The zero-order valence-electron chi connectivity index (χ0n) is 11.1. The van der Waals surface area contributed by atoms with E-state index in [9.17, 15) is 9.18 Å². The Morgan fingerprint density at radius 3 is 2.85 bits per heavy atom. The van der Waals surface area contributed by atoms with Crippen molar-refractivity contribution in [1.29, 1.82) is 0 Å². The minimum atomic E-state index is -0.348. The average molecular weight is 278 g/mol. The average Bonchev–Trinajstić information content (AvgIpc) is 2.93. The number of halogens is 1. The first-order valence-electron chi connectivity index (χ1n) is 6.19. The Kier molecular flexibility index (Phi) is 4.84. The van der Waals surface area contributed by atoms with Gasteiger partial charge in [-0.15, -0.1) is 0 Å². The van der Waals surface area contributed by atoms with Gasteiger partial charge in [-0.05, 0) is 30.7 Å². The first-order chi connectivity index (χ1) is 9.72. The molecule has 0 aliphatic rings. The van der Waals surface area contributed by atoms with E-state index in [0.29, 0.717) is 30.9 Å². The number of carbonyl (C=O) groups excluding carboxylic acids is 1. The second-order valence-corrected chi connectivity index (χ2v) is 4.14. The first kappa shape index (κ1) is 14.2. The van der Waals surface area contributed by atoms with Crippen molar-refractivity contribution in [3.8, 4) is 11.3 Å². The van der Waals surface area contributed by atoms with Crippen molar-refractivity contribution in [2.75, 3.05) is 20.3 Å². The Bertz CT molecular complexity index is 566. The minimum absolute atomic E-state index is 0.189. The Morgan fingerprint density at radius 2 is 2.15 bits per heavy atom. The number of methoxy groups -OCH3 is 1. The predicted octanol–water partition coefficient (Wildman–Crippen LogP) is 2.25. The SMILES string of the molecule is COCCCNC(=O)c1ncoc1-c1ccc(F)cc1. The number of amides is 1. The number of nitrogens with one attached hydrogen (secondary N) is 1. The molecule has 0 bridgehead atoms. The summed E-state index contributed by atoms with van der Waals surface area (Å²) in [5.74, 6) is -0.345. The van der Waals surface area contributed by atoms with Gasteiger partial charge in [0.15, 0.2) is 17.8 Å². The van der Waals surface area contributed by atoms with E-state index in [2.05, 4.69) is 10.3 Å². The van der Waals surface area contributed by atoms with Crippen molar-refractivity contribution in [2.24, 2.45) is 0 Å². The molecule has 0 unspecified atom stereocenters. The van der Waals surface area contributed by atoms with Crippen LogP contribution in [0.3, 0.4) is 0 Å². The lowest BCUT2D eigenvalue weighted by atomic mass is 10.1. The van der Waals surface area contributed by atoms with E-state index < -0.39 is 0 Å². The van der Waals surface area contributed by atoms with Crippen LogP contribution in [0.15, 0.2) is 35.1 Å². The molecule has 1 N–H and O–H groups in total. The van der Waals surface area contributed by atoms with Crippen LogP contribution in [0.2, 0.25) is 0 Å². The zero-order valence-corrected chi connectivity index (χ0v) is 11.1. The molecule has 6 heteroatoms. The maximum absolute atomic E-state index is 12.9. The van der Waals surface area contributed by atoms with Crippen LogP contribution in [0.25, 0.3) is 11.3 Å². The molecule has 2 rings (SSSR count). The molecule has 0 atom stereocenters. The van der Waals surface area contributed by atoms with Gasteiger partial charge in [-0.25, -0.2) is 9.37 Å². The van der Waals surface area contributed by atoms with Gasteiger partial charge in [-0.2, -0.15) is 0 Å². The largest absolute Gasteiger partial charge is 0.443 e. The third kappa shape index (κ3) is 3.42. The normalized spacial score (nSPS) is 10.5. The maximum Gasteiger partial charge on any atom is 0.273 e. The van der Waals surface area contributed by atoms with E-state index in [-0.39, 0.29) is 17.4 Å². The van der Waals surface area contributed by atoms with Gasteiger partial charge in [0.05, 0.1) is 0 Å². The molecule has 1 amide bonds. The van der Waals surface area contributed by atoms with Gasteiger partial charge in [0.2, 0.25) is 0 Å². The standard InChI is InChI=1S/C14H15FN2O3/c1-19-8-2-7-16-14(18)12-13(20-9-17-12)10-3-5-11(15)6-4-10/h3-6,9H,2,7-8H2,1H3,(H,16,18). The van der Waals surface area contributed by atoms with E-state index in [0.717, 1.165) is 0 Å². The molecule has 106 valence electrons. The molecule has 0 saturated heterocycles. The van der Waals surface area contributed by atoms with Crippen LogP contribution >= 0.6 is 0 Å². The lowest BCUT2D eigenvalue weighted by molar-refractivity contribution is 0.0944. The third-order valence-corrected chi connectivity index (χ3v) is 2.70. The highest BCUT2D eigenvalue weighted by Gasteiger charge is 2.17. The van der Waals surface area contributed by atoms with Crippen LogP contribution in [0.1, 0.15) is 16.9 Å². The maximum atomic E-state index is 12.9. The molecule has 0 saturated carbocycles. The highest BCUT2D eigenvalue weighted by molar-refractivity contribution is 5.97. The van der Waals surface area contributed by atoms with E-state index in [1.807, 2.05) is 0 Å². The quantitative estimate of drug-likeness (QED) is 0.823. The van der Waals surface area contributed by atoms with E-state index in [4.69, 9.17) is 9.15 Å². The fraction of sp³-hybridized carbons (Fsp3) is 0.286. The lowest BCUT2D eigenvalue weighted by Crippen LogP contribution is -2.26. The van der Waals surface area contributed by atoms with Gasteiger partial charge in [0.25, 0.3) is 5.91 Å². The predicted molar refractivity (Wildman–Crippen MR) is 70.7 cm³/mol. The van der Waals surface area contributed by atoms with Crippen molar-refractivity contribution in [3.05, 3.63) is 42.2 Å². The lowest BCUT2D eigenvalue weighted by Gasteiger charge is -2.04. The first-order valence-corrected chi connectivity index (χ1v) is 6.19. The summed E-state index contributed by atoms with van der Waals surface area (Å²) in [5, 5.41) is 2.73. The summed E-state index contributed by atoms with van der Waals surface area (Å²) in [7, 11) is 1.60. The van der Waals surface area contributed by atoms with Gasteiger partial charge >= 0.3 is 0 Å². The number of benzene rings is 1. The number of ether oxygens (including phenoxy) is 1. The molecular formula is C14H15FN2O3. The third-order valence-electron chi connectivity index (χ3n) is 2.70. The molecule has 20 heavy (non-hydrogen) atoms. The van der Waals surface area contributed by atoms with Crippen LogP contribution in [-0.2, 0) is 4.74 Å². The Hall–Kier alpha value is -2.21. The van der Waals surface area contributed by atoms with Crippen LogP contribution in [0.5, 0.6) is 0 Å². The second-order valence-electron chi connectivity index (χ2n) is 4.14.